The van der Waals surface area contributed by atoms with Crippen molar-refractivity contribution in [3.63, 3.8) is 0 Å². The second kappa shape index (κ2) is 9.23. The number of benzene rings is 2. The minimum Gasteiger partial charge on any atom is -0.354 e. The van der Waals surface area contributed by atoms with Crippen LogP contribution in [-0.2, 0) is 11.2 Å². The predicted molar refractivity (Wildman–Crippen MR) is 101 cm³/mol. The first kappa shape index (κ1) is 19.0. The average Bonchev–Trinajstić information content (AvgIpc) is 2.60. The Hall–Kier alpha value is -2.33. The lowest BCUT2D eigenvalue weighted by Gasteiger charge is -2.08. The number of hydrogen-bond donors (Lipinski definition) is 2. The van der Waals surface area contributed by atoms with Gasteiger partial charge in [-0.3, -0.25) is 9.59 Å². The van der Waals surface area contributed by atoms with Gasteiger partial charge in [0.25, 0.3) is 5.91 Å². The van der Waals surface area contributed by atoms with E-state index in [-0.39, 0.29) is 11.8 Å². The molecule has 0 aliphatic heterocycles. The van der Waals surface area contributed by atoms with Gasteiger partial charge in [-0.25, -0.2) is 0 Å². The van der Waals surface area contributed by atoms with Crippen LogP contribution < -0.4 is 10.6 Å². The van der Waals surface area contributed by atoms with E-state index < -0.39 is 0 Å². The van der Waals surface area contributed by atoms with Gasteiger partial charge in [-0.05, 0) is 61.2 Å². The van der Waals surface area contributed by atoms with Crippen LogP contribution in [0.4, 0.5) is 0 Å². The van der Waals surface area contributed by atoms with Gasteiger partial charge in [-0.15, -0.1) is 0 Å². The van der Waals surface area contributed by atoms with Crippen molar-refractivity contribution in [2.24, 2.45) is 0 Å². The van der Waals surface area contributed by atoms with Gasteiger partial charge in [-0.2, -0.15) is 0 Å². The van der Waals surface area contributed by atoms with Gasteiger partial charge in [0.15, 0.2) is 0 Å². The Labute approximate surface area is 153 Å². The zero-order chi connectivity index (χ0) is 18.2. The molecule has 0 fully saturated rings. The Balaban J connectivity index is 1.66. The van der Waals surface area contributed by atoms with Crippen molar-refractivity contribution >= 4 is 23.4 Å². The molecule has 0 spiro atoms. The number of aryl methyl sites for hydroxylation is 3. The third kappa shape index (κ3) is 6.24. The molecule has 25 heavy (non-hydrogen) atoms. The van der Waals surface area contributed by atoms with Crippen molar-refractivity contribution in [3.05, 3.63) is 69.7 Å². The van der Waals surface area contributed by atoms with Crippen LogP contribution >= 0.6 is 11.6 Å². The molecule has 0 aromatic heterocycles. The van der Waals surface area contributed by atoms with Crippen LogP contribution in [0.25, 0.3) is 0 Å². The molecule has 2 amide bonds. The van der Waals surface area contributed by atoms with Crippen LogP contribution in [-0.4, -0.2) is 24.9 Å². The molecular weight excluding hydrogens is 336 g/mol. The van der Waals surface area contributed by atoms with Crippen LogP contribution in [0.5, 0.6) is 0 Å². The predicted octanol–water partition coefficient (Wildman–Crippen LogP) is 3.44. The number of hydrogen-bond acceptors (Lipinski definition) is 2. The van der Waals surface area contributed by atoms with Gasteiger partial charge in [0.2, 0.25) is 5.91 Å². The highest BCUT2D eigenvalue weighted by molar-refractivity contribution is 6.30. The quantitative estimate of drug-likeness (QED) is 0.745. The van der Waals surface area contributed by atoms with Crippen LogP contribution in [0.3, 0.4) is 0 Å². The summed E-state index contributed by atoms with van der Waals surface area (Å²) in [7, 11) is 0. The molecule has 2 N–H and O–H groups in total. The Kier molecular flexibility index (Phi) is 7.02. The lowest BCUT2D eigenvalue weighted by Crippen LogP contribution is -2.34. The summed E-state index contributed by atoms with van der Waals surface area (Å²) < 4.78 is 0. The molecule has 5 heteroatoms. The van der Waals surface area contributed by atoms with Crippen molar-refractivity contribution in [2.75, 3.05) is 13.1 Å². The third-order valence-corrected chi connectivity index (χ3v) is 4.31. The standard InChI is InChI=1S/C20H23ClN2O2/c1-14-3-7-17(13-15(14)2)20(25)23-12-11-22-19(24)10-6-16-4-8-18(21)9-5-16/h3-5,7-9,13H,6,10-12H2,1-2H3,(H,22,24)(H,23,25). The smallest absolute Gasteiger partial charge is 0.251 e. The summed E-state index contributed by atoms with van der Waals surface area (Å²) in [6, 6.07) is 13.1. The molecule has 0 bridgehead atoms. The van der Waals surface area contributed by atoms with E-state index in [1.54, 1.807) is 0 Å². The maximum atomic E-state index is 12.1. The molecule has 0 aliphatic rings. The monoisotopic (exact) mass is 358 g/mol. The van der Waals surface area contributed by atoms with E-state index in [2.05, 4.69) is 10.6 Å². The topological polar surface area (TPSA) is 58.2 Å². The zero-order valence-corrected chi connectivity index (χ0v) is 15.3. The van der Waals surface area contributed by atoms with Gasteiger partial charge in [0.05, 0.1) is 0 Å². The van der Waals surface area contributed by atoms with E-state index in [0.717, 1.165) is 16.7 Å². The summed E-state index contributed by atoms with van der Waals surface area (Å²) in [6.45, 7) is 4.80. The third-order valence-electron chi connectivity index (χ3n) is 4.06. The number of carbonyl (C=O) groups excluding carboxylic acids is 2. The Morgan fingerprint density at radius 1 is 0.920 bits per heavy atom. The fraction of sp³-hybridized carbons (Fsp3) is 0.300. The molecule has 0 unspecified atom stereocenters. The maximum Gasteiger partial charge on any atom is 0.251 e. The number of halogens is 1. The van der Waals surface area contributed by atoms with Crippen LogP contribution in [0.2, 0.25) is 5.02 Å². The molecular formula is C20H23ClN2O2. The highest BCUT2D eigenvalue weighted by Gasteiger charge is 2.06. The molecule has 132 valence electrons. The molecule has 0 saturated carbocycles. The summed E-state index contributed by atoms with van der Waals surface area (Å²) in [5.74, 6) is -0.158. The minimum absolute atomic E-state index is 0.0321. The van der Waals surface area contributed by atoms with Gasteiger partial charge in [0.1, 0.15) is 0 Å². The van der Waals surface area contributed by atoms with Crippen LogP contribution in [0.1, 0.15) is 33.5 Å². The summed E-state index contributed by atoms with van der Waals surface area (Å²) in [5.41, 5.74) is 3.95. The second-order valence-corrected chi connectivity index (χ2v) is 6.47. The van der Waals surface area contributed by atoms with Crippen molar-refractivity contribution in [1.29, 1.82) is 0 Å². The fourth-order valence-corrected chi connectivity index (χ4v) is 2.49. The van der Waals surface area contributed by atoms with E-state index in [1.165, 1.54) is 0 Å². The Morgan fingerprint density at radius 3 is 2.28 bits per heavy atom. The molecule has 2 aromatic carbocycles. The number of carbonyl (C=O) groups is 2. The molecule has 0 aliphatic carbocycles. The summed E-state index contributed by atoms with van der Waals surface area (Å²) >= 11 is 5.83. The van der Waals surface area contributed by atoms with Crippen molar-refractivity contribution < 1.29 is 9.59 Å². The zero-order valence-electron chi connectivity index (χ0n) is 14.6. The maximum absolute atomic E-state index is 12.1. The SMILES string of the molecule is Cc1ccc(C(=O)NCCNC(=O)CCc2ccc(Cl)cc2)cc1C. The highest BCUT2D eigenvalue weighted by atomic mass is 35.5. The molecule has 0 atom stereocenters. The summed E-state index contributed by atoms with van der Waals surface area (Å²) in [6.07, 6.45) is 1.07. The number of amides is 2. The summed E-state index contributed by atoms with van der Waals surface area (Å²) in [4.78, 5) is 23.9. The Bertz CT molecular complexity index is 742. The fourth-order valence-electron chi connectivity index (χ4n) is 2.36. The molecule has 0 heterocycles. The van der Waals surface area contributed by atoms with Gasteiger partial charge in [-0.1, -0.05) is 29.8 Å². The molecule has 4 nitrogen and oxygen atoms in total. The van der Waals surface area contributed by atoms with Crippen molar-refractivity contribution in [1.82, 2.24) is 10.6 Å². The van der Waals surface area contributed by atoms with Crippen LogP contribution in [0, 0.1) is 13.8 Å². The molecule has 0 radical (unpaired) electrons. The number of nitrogens with one attached hydrogen (secondary N) is 2. The average molecular weight is 359 g/mol. The first-order valence-corrected chi connectivity index (χ1v) is 8.70. The van der Waals surface area contributed by atoms with E-state index in [0.29, 0.717) is 36.5 Å². The largest absolute Gasteiger partial charge is 0.354 e. The molecule has 2 aromatic rings. The van der Waals surface area contributed by atoms with E-state index >= 15 is 0 Å². The van der Waals surface area contributed by atoms with E-state index in [1.807, 2.05) is 56.3 Å². The van der Waals surface area contributed by atoms with E-state index in [9.17, 15) is 9.59 Å². The van der Waals surface area contributed by atoms with Crippen molar-refractivity contribution in [3.8, 4) is 0 Å². The molecule has 0 saturated heterocycles. The first-order valence-electron chi connectivity index (χ1n) is 8.32. The van der Waals surface area contributed by atoms with Crippen molar-refractivity contribution in [2.45, 2.75) is 26.7 Å². The van der Waals surface area contributed by atoms with E-state index in [4.69, 9.17) is 11.6 Å². The lowest BCUT2D eigenvalue weighted by atomic mass is 10.1. The lowest BCUT2D eigenvalue weighted by molar-refractivity contribution is -0.121. The van der Waals surface area contributed by atoms with Gasteiger partial charge < -0.3 is 10.6 Å². The Morgan fingerprint density at radius 2 is 1.60 bits per heavy atom. The van der Waals surface area contributed by atoms with Gasteiger partial charge in [0, 0.05) is 30.1 Å². The normalized spacial score (nSPS) is 10.4. The van der Waals surface area contributed by atoms with Crippen LogP contribution in [0.15, 0.2) is 42.5 Å². The second-order valence-electron chi connectivity index (χ2n) is 6.03. The number of rotatable bonds is 7. The highest BCUT2D eigenvalue weighted by Crippen LogP contribution is 2.11. The van der Waals surface area contributed by atoms with Gasteiger partial charge >= 0.3 is 0 Å². The molecule has 2 rings (SSSR count). The first-order chi connectivity index (χ1) is 12.0. The minimum atomic E-state index is -0.126. The summed E-state index contributed by atoms with van der Waals surface area (Å²) in [5, 5.41) is 6.31.